The van der Waals surface area contributed by atoms with E-state index in [1.165, 1.54) is 12.1 Å². The largest absolute Gasteiger partial charge is 0.353 e. The summed E-state index contributed by atoms with van der Waals surface area (Å²) < 4.78 is 27.5. The fourth-order valence-electron chi connectivity index (χ4n) is 3.84. The molecule has 2 fully saturated rings. The minimum Gasteiger partial charge on any atom is -0.353 e. The molecule has 0 aromatic heterocycles. The van der Waals surface area contributed by atoms with Gasteiger partial charge in [0.1, 0.15) is 6.04 Å². The molecule has 1 atom stereocenters. The van der Waals surface area contributed by atoms with Gasteiger partial charge >= 0.3 is 0 Å². The molecule has 1 N–H and O–H groups in total. The zero-order valence-electron chi connectivity index (χ0n) is 15.5. The molecular formula is C22H22F2N2O2. The lowest BCUT2D eigenvalue weighted by atomic mass is 9.83. The summed E-state index contributed by atoms with van der Waals surface area (Å²) in [6.07, 6.45) is 3.27. The summed E-state index contributed by atoms with van der Waals surface area (Å²) in [5, 5.41) is 2.84. The fraction of sp³-hybridized carbons (Fsp3) is 0.364. The summed E-state index contributed by atoms with van der Waals surface area (Å²) in [6, 6.07) is 10.6. The van der Waals surface area contributed by atoms with E-state index in [1.807, 2.05) is 0 Å². The molecule has 1 aliphatic heterocycles. The molecule has 2 aromatic rings. The van der Waals surface area contributed by atoms with Crippen LogP contribution >= 0.6 is 0 Å². The van der Waals surface area contributed by atoms with Gasteiger partial charge in [0.25, 0.3) is 0 Å². The highest BCUT2D eigenvalue weighted by atomic mass is 19.2. The maximum atomic E-state index is 14.0. The second-order valence-electron chi connectivity index (χ2n) is 7.47. The molecule has 2 aromatic carbocycles. The van der Waals surface area contributed by atoms with E-state index in [2.05, 4.69) is 5.32 Å². The van der Waals surface area contributed by atoms with Crippen LogP contribution in [0.5, 0.6) is 0 Å². The molecule has 0 unspecified atom stereocenters. The average molecular weight is 384 g/mol. The Morgan fingerprint density at radius 1 is 1.11 bits per heavy atom. The summed E-state index contributed by atoms with van der Waals surface area (Å²) in [5.41, 5.74) is 1.63. The van der Waals surface area contributed by atoms with E-state index in [-0.39, 0.29) is 23.3 Å². The number of benzene rings is 2. The normalized spacial score (nSPS) is 19.9. The lowest BCUT2D eigenvalue weighted by molar-refractivity contribution is -0.148. The molecule has 0 radical (unpaired) electrons. The van der Waals surface area contributed by atoms with E-state index in [1.54, 1.807) is 29.2 Å². The molecule has 1 aliphatic carbocycles. The first-order chi connectivity index (χ1) is 13.5. The minimum atomic E-state index is -0.884. The van der Waals surface area contributed by atoms with Crippen LogP contribution in [0.25, 0.3) is 11.1 Å². The van der Waals surface area contributed by atoms with Crippen LogP contribution in [-0.4, -0.2) is 35.8 Å². The number of carbonyl (C=O) groups is 2. The van der Waals surface area contributed by atoms with Gasteiger partial charge in [-0.3, -0.25) is 9.59 Å². The van der Waals surface area contributed by atoms with Crippen LogP contribution in [0.4, 0.5) is 8.78 Å². The Kier molecular flexibility index (Phi) is 5.11. The average Bonchev–Trinajstić information content (AvgIpc) is 2.65. The van der Waals surface area contributed by atoms with Gasteiger partial charge in [-0.1, -0.05) is 42.8 Å². The van der Waals surface area contributed by atoms with Gasteiger partial charge in [0.15, 0.2) is 11.6 Å². The van der Waals surface area contributed by atoms with Crippen LogP contribution in [0, 0.1) is 17.6 Å². The highest BCUT2D eigenvalue weighted by Gasteiger charge is 2.37. The van der Waals surface area contributed by atoms with Crippen molar-refractivity contribution < 1.29 is 18.4 Å². The molecule has 1 heterocycles. The van der Waals surface area contributed by atoms with Gasteiger partial charge in [-0.05, 0) is 30.0 Å². The summed E-state index contributed by atoms with van der Waals surface area (Å²) >= 11 is 0. The summed E-state index contributed by atoms with van der Waals surface area (Å²) in [5.74, 6) is -1.78. The molecule has 1 saturated heterocycles. The van der Waals surface area contributed by atoms with Crippen molar-refractivity contribution in [1.82, 2.24) is 10.2 Å². The first-order valence-electron chi connectivity index (χ1n) is 9.66. The van der Waals surface area contributed by atoms with Crippen LogP contribution in [-0.2, 0) is 16.0 Å². The van der Waals surface area contributed by atoms with Crippen LogP contribution in [0.2, 0.25) is 0 Å². The molecule has 1 saturated carbocycles. The predicted octanol–water partition coefficient (Wildman–Crippen LogP) is 3.30. The Labute approximate surface area is 162 Å². The van der Waals surface area contributed by atoms with Gasteiger partial charge < -0.3 is 10.2 Å². The van der Waals surface area contributed by atoms with Gasteiger partial charge in [-0.15, -0.1) is 0 Å². The number of piperazine rings is 1. The Hall–Kier alpha value is -2.76. The number of carbonyl (C=O) groups excluding carboxylic acids is 2. The number of rotatable bonds is 4. The van der Waals surface area contributed by atoms with Crippen LogP contribution < -0.4 is 5.32 Å². The van der Waals surface area contributed by atoms with Crippen molar-refractivity contribution in [3.05, 3.63) is 59.7 Å². The van der Waals surface area contributed by atoms with Crippen LogP contribution in [0.15, 0.2) is 42.5 Å². The third kappa shape index (κ3) is 3.51. The van der Waals surface area contributed by atoms with Gasteiger partial charge in [-0.2, -0.15) is 0 Å². The quantitative estimate of drug-likeness (QED) is 0.879. The van der Waals surface area contributed by atoms with E-state index >= 15 is 0 Å². The third-order valence-electron chi connectivity index (χ3n) is 5.71. The molecule has 146 valence electrons. The van der Waals surface area contributed by atoms with E-state index < -0.39 is 17.7 Å². The Bertz CT molecular complexity index is 894. The third-order valence-corrected chi connectivity index (χ3v) is 5.71. The number of halogens is 2. The molecular weight excluding hydrogens is 362 g/mol. The van der Waals surface area contributed by atoms with Crippen molar-refractivity contribution in [2.24, 2.45) is 5.92 Å². The lowest BCUT2D eigenvalue weighted by Crippen LogP contribution is -2.59. The summed E-state index contributed by atoms with van der Waals surface area (Å²) in [7, 11) is 0. The predicted molar refractivity (Wildman–Crippen MR) is 101 cm³/mol. The van der Waals surface area contributed by atoms with E-state index in [0.717, 1.165) is 30.9 Å². The Morgan fingerprint density at radius 3 is 2.54 bits per heavy atom. The van der Waals surface area contributed by atoms with Crippen molar-refractivity contribution in [3.63, 3.8) is 0 Å². The number of nitrogens with one attached hydrogen (secondary N) is 1. The number of amides is 2. The van der Waals surface area contributed by atoms with Crippen LogP contribution in [0.3, 0.4) is 0 Å². The summed E-state index contributed by atoms with van der Waals surface area (Å²) in [6.45, 7) is 1.00. The zero-order valence-corrected chi connectivity index (χ0v) is 15.5. The first-order valence-corrected chi connectivity index (χ1v) is 9.66. The van der Waals surface area contributed by atoms with E-state index in [4.69, 9.17) is 0 Å². The smallest absolute Gasteiger partial charge is 0.243 e. The van der Waals surface area contributed by atoms with Crippen LogP contribution in [0.1, 0.15) is 24.8 Å². The van der Waals surface area contributed by atoms with Gasteiger partial charge in [0, 0.05) is 31.0 Å². The van der Waals surface area contributed by atoms with E-state index in [9.17, 15) is 18.4 Å². The van der Waals surface area contributed by atoms with Crippen molar-refractivity contribution >= 4 is 11.8 Å². The Morgan fingerprint density at radius 2 is 1.86 bits per heavy atom. The highest BCUT2D eigenvalue weighted by Crippen LogP contribution is 2.30. The highest BCUT2D eigenvalue weighted by molar-refractivity contribution is 5.90. The zero-order chi connectivity index (χ0) is 19.7. The topological polar surface area (TPSA) is 49.4 Å². The van der Waals surface area contributed by atoms with Crippen molar-refractivity contribution in [3.8, 4) is 11.1 Å². The van der Waals surface area contributed by atoms with E-state index in [0.29, 0.717) is 25.1 Å². The molecule has 2 aliphatic rings. The number of hydrogen-bond acceptors (Lipinski definition) is 2. The van der Waals surface area contributed by atoms with Gasteiger partial charge in [-0.25, -0.2) is 8.78 Å². The number of nitrogens with zero attached hydrogens (tertiary/aromatic N) is 1. The Balaban J connectivity index is 1.52. The second kappa shape index (κ2) is 7.70. The van der Waals surface area contributed by atoms with Crippen molar-refractivity contribution in [2.45, 2.75) is 31.7 Å². The molecule has 6 heteroatoms. The molecule has 0 bridgehead atoms. The molecule has 4 nitrogen and oxygen atoms in total. The minimum absolute atomic E-state index is 0.0479. The van der Waals surface area contributed by atoms with Crippen molar-refractivity contribution in [1.29, 1.82) is 0 Å². The SMILES string of the molecule is O=C1NCCN(C(=O)C2CCC2)[C@H]1Cc1ccc(-c2cccc(F)c2F)cc1. The molecule has 2 amide bonds. The first kappa shape index (κ1) is 18.6. The van der Waals surface area contributed by atoms with Crippen molar-refractivity contribution in [2.75, 3.05) is 13.1 Å². The molecule has 28 heavy (non-hydrogen) atoms. The summed E-state index contributed by atoms with van der Waals surface area (Å²) in [4.78, 5) is 26.8. The maximum Gasteiger partial charge on any atom is 0.243 e. The molecule has 0 spiro atoms. The second-order valence-corrected chi connectivity index (χ2v) is 7.47. The molecule has 4 rings (SSSR count). The fourth-order valence-corrected chi connectivity index (χ4v) is 3.84. The lowest BCUT2D eigenvalue weighted by Gasteiger charge is -2.39. The standard InChI is InChI=1S/C22H22F2N2O2/c23-18-6-2-5-17(20(18)24)15-9-7-14(8-10-15)13-19-21(27)25-11-12-26(19)22(28)16-3-1-4-16/h2,5-10,16,19H,1,3-4,11-13H2,(H,25,27)/t19-/m0/s1. The van der Waals surface area contributed by atoms with Gasteiger partial charge in [0.05, 0.1) is 0 Å². The number of hydrogen-bond donors (Lipinski definition) is 1. The monoisotopic (exact) mass is 384 g/mol. The maximum absolute atomic E-state index is 14.0. The van der Waals surface area contributed by atoms with Gasteiger partial charge in [0.2, 0.25) is 11.8 Å².